The molecule has 0 fully saturated rings. The van der Waals surface area contributed by atoms with Crippen molar-refractivity contribution in [1.29, 1.82) is 0 Å². The first-order valence-corrected chi connectivity index (χ1v) is 6.23. The summed E-state index contributed by atoms with van der Waals surface area (Å²) < 4.78 is 5.11. The second-order valence-corrected chi connectivity index (χ2v) is 4.32. The van der Waals surface area contributed by atoms with Crippen molar-refractivity contribution < 1.29 is 9.21 Å². The minimum Gasteiger partial charge on any atom is -0.465 e. The van der Waals surface area contributed by atoms with Gasteiger partial charge in [-0.1, -0.05) is 18.2 Å². The summed E-state index contributed by atoms with van der Waals surface area (Å²) in [5.74, 6) is 0.480. The topological polar surface area (TPSA) is 70.9 Å². The first kappa shape index (κ1) is 12.2. The van der Waals surface area contributed by atoms with Crippen LogP contribution < -0.4 is 5.32 Å². The Morgan fingerprint density at radius 1 is 1.35 bits per heavy atom. The summed E-state index contributed by atoms with van der Waals surface area (Å²) in [5, 5.41) is 10.8. The Morgan fingerprint density at radius 2 is 2.30 bits per heavy atom. The molecule has 0 spiro atoms. The maximum Gasteiger partial charge on any atom is 0.244 e. The van der Waals surface area contributed by atoms with Crippen LogP contribution in [0.15, 0.2) is 53.3 Å². The number of fused-ring (bicyclic) bond motifs is 1. The van der Waals surface area contributed by atoms with Crippen LogP contribution in [0.25, 0.3) is 17.0 Å². The number of furan rings is 1. The molecule has 100 valence electrons. The number of hydrogen-bond donors (Lipinski definition) is 2. The Bertz CT molecular complexity index is 741. The monoisotopic (exact) mass is 267 g/mol. The minimum atomic E-state index is -0.169. The molecule has 2 aromatic heterocycles. The minimum absolute atomic E-state index is 0.169. The zero-order valence-electron chi connectivity index (χ0n) is 10.7. The van der Waals surface area contributed by atoms with Crippen molar-refractivity contribution in [3.05, 3.63) is 60.2 Å². The van der Waals surface area contributed by atoms with E-state index in [1.165, 1.54) is 6.08 Å². The summed E-state index contributed by atoms with van der Waals surface area (Å²) in [6, 6.07) is 9.43. The van der Waals surface area contributed by atoms with Gasteiger partial charge in [-0.05, 0) is 23.8 Å². The standard InChI is InChI=1S/C15H13N3O2/c19-14(7-6-13-5-2-8-20-13)16-9-11-3-1-4-12-10-17-18-15(11)12/h1-8,10H,9H2,(H,16,19)(H,17,18)/b7-6+. The summed E-state index contributed by atoms with van der Waals surface area (Å²) in [4.78, 5) is 11.7. The van der Waals surface area contributed by atoms with Crippen molar-refractivity contribution in [1.82, 2.24) is 15.5 Å². The summed E-state index contributed by atoms with van der Waals surface area (Å²) in [7, 11) is 0. The molecule has 0 saturated carbocycles. The fraction of sp³-hybridized carbons (Fsp3) is 0.0667. The first-order valence-electron chi connectivity index (χ1n) is 6.23. The first-order chi connectivity index (χ1) is 9.83. The van der Waals surface area contributed by atoms with Crippen LogP contribution in [0.3, 0.4) is 0 Å². The zero-order valence-corrected chi connectivity index (χ0v) is 10.7. The summed E-state index contributed by atoms with van der Waals surface area (Å²) in [5.41, 5.74) is 1.95. The van der Waals surface area contributed by atoms with Crippen LogP contribution in [0.4, 0.5) is 0 Å². The quantitative estimate of drug-likeness (QED) is 0.713. The predicted octanol–water partition coefficient (Wildman–Crippen LogP) is 2.49. The third kappa shape index (κ3) is 2.61. The number of nitrogens with one attached hydrogen (secondary N) is 2. The normalized spacial score (nSPS) is 11.2. The number of carbonyl (C=O) groups is 1. The van der Waals surface area contributed by atoms with Gasteiger partial charge in [0, 0.05) is 18.0 Å². The lowest BCUT2D eigenvalue weighted by Gasteiger charge is -2.03. The van der Waals surface area contributed by atoms with Crippen LogP contribution in [0.5, 0.6) is 0 Å². The number of amides is 1. The van der Waals surface area contributed by atoms with Crippen LogP contribution in [0.1, 0.15) is 11.3 Å². The summed E-state index contributed by atoms with van der Waals surface area (Å²) in [6.07, 6.45) is 6.41. The molecule has 1 aromatic carbocycles. The average molecular weight is 267 g/mol. The van der Waals surface area contributed by atoms with Gasteiger partial charge in [-0.15, -0.1) is 0 Å². The summed E-state index contributed by atoms with van der Waals surface area (Å²) >= 11 is 0. The Kier molecular flexibility index (Phi) is 3.33. The third-order valence-corrected chi connectivity index (χ3v) is 2.96. The molecule has 0 radical (unpaired) electrons. The van der Waals surface area contributed by atoms with Crippen molar-refractivity contribution in [2.45, 2.75) is 6.54 Å². The molecule has 0 atom stereocenters. The predicted molar refractivity (Wildman–Crippen MR) is 75.7 cm³/mol. The van der Waals surface area contributed by atoms with Crippen molar-refractivity contribution in [2.75, 3.05) is 0 Å². The van der Waals surface area contributed by atoms with Crippen molar-refractivity contribution in [2.24, 2.45) is 0 Å². The molecule has 3 rings (SSSR count). The highest BCUT2D eigenvalue weighted by Crippen LogP contribution is 2.15. The Hall–Kier alpha value is -2.82. The van der Waals surface area contributed by atoms with Gasteiger partial charge >= 0.3 is 0 Å². The van der Waals surface area contributed by atoms with E-state index in [1.54, 1.807) is 30.7 Å². The van der Waals surface area contributed by atoms with Crippen LogP contribution in [0, 0.1) is 0 Å². The van der Waals surface area contributed by atoms with Gasteiger partial charge in [0.25, 0.3) is 0 Å². The molecule has 0 aliphatic rings. The van der Waals surface area contributed by atoms with Gasteiger partial charge in [0.15, 0.2) is 0 Å². The highest BCUT2D eigenvalue weighted by atomic mass is 16.3. The van der Waals surface area contributed by atoms with E-state index in [0.29, 0.717) is 12.3 Å². The molecular weight excluding hydrogens is 254 g/mol. The van der Waals surface area contributed by atoms with E-state index in [9.17, 15) is 4.79 Å². The fourth-order valence-corrected chi connectivity index (χ4v) is 1.96. The number of hydrogen-bond acceptors (Lipinski definition) is 3. The molecule has 20 heavy (non-hydrogen) atoms. The molecule has 0 bridgehead atoms. The van der Waals surface area contributed by atoms with E-state index in [0.717, 1.165) is 16.5 Å². The van der Waals surface area contributed by atoms with E-state index < -0.39 is 0 Å². The van der Waals surface area contributed by atoms with Crippen molar-refractivity contribution in [3.8, 4) is 0 Å². The zero-order chi connectivity index (χ0) is 13.8. The molecule has 5 heteroatoms. The van der Waals surface area contributed by atoms with Crippen molar-refractivity contribution >= 4 is 22.9 Å². The van der Waals surface area contributed by atoms with E-state index in [4.69, 9.17) is 4.42 Å². The van der Waals surface area contributed by atoms with Gasteiger partial charge < -0.3 is 9.73 Å². The molecular formula is C15H13N3O2. The van der Waals surface area contributed by atoms with Crippen LogP contribution >= 0.6 is 0 Å². The lowest BCUT2D eigenvalue weighted by molar-refractivity contribution is -0.116. The van der Waals surface area contributed by atoms with Gasteiger partial charge in [-0.2, -0.15) is 5.10 Å². The molecule has 2 heterocycles. The molecule has 0 unspecified atom stereocenters. The number of para-hydroxylation sites is 1. The Balaban J connectivity index is 1.64. The van der Waals surface area contributed by atoms with Crippen LogP contribution in [-0.4, -0.2) is 16.1 Å². The molecule has 0 aliphatic carbocycles. The number of aromatic amines is 1. The van der Waals surface area contributed by atoms with Gasteiger partial charge in [0.2, 0.25) is 5.91 Å². The van der Waals surface area contributed by atoms with E-state index in [2.05, 4.69) is 15.5 Å². The van der Waals surface area contributed by atoms with Gasteiger partial charge in [-0.3, -0.25) is 9.89 Å². The lowest BCUT2D eigenvalue weighted by atomic mass is 10.1. The van der Waals surface area contributed by atoms with E-state index in [1.807, 2.05) is 18.2 Å². The Labute approximate surface area is 115 Å². The molecule has 5 nitrogen and oxygen atoms in total. The highest BCUT2D eigenvalue weighted by molar-refractivity contribution is 5.91. The van der Waals surface area contributed by atoms with Crippen molar-refractivity contribution in [3.63, 3.8) is 0 Å². The van der Waals surface area contributed by atoms with E-state index >= 15 is 0 Å². The molecule has 1 amide bonds. The number of nitrogens with zero attached hydrogens (tertiary/aromatic N) is 1. The Morgan fingerprint density at radius 3 is 3.15 bits per heavy atom. The largest absolute Gasteiger partial charge is 0.465 e. The maximum absolute atomic E-state index is 11.7. The number of H-pyrrole nitrogens is 1. The average Bonchev–Trinajstić information content (AvgIpc) is 3.13. The van der Waals surface area contributed by atoms with Gasteiger partial charge in [0.1, 0.15) is 5.76 Å². The fourth-order valence-electron chi connectivity index (χ4n) is 1.96. The molecule has 3 aromatic rings. The van der Waals surface area contributed by atoms with Crippen LogP contribution in [-0.2, 0) is 11.3 Å². The third-order valence-electron chi connectivity index (χ3n) is 2.96. The molecule has 0 saturated heterocycles. The lowest BCUT2D eigenvalue weighted by Crippen LogP contribution is -2.20. The number of aromatic nitrogens is 2. The molecule has 2 N–H and O–H groups in total. The number of rotatable bonds is 4. The molecule has 0 aliphatic heterocycles. The second-order valence-electron chi connectivity index (χ2n) is 4.32. The summed E-state index contributed by atoms with van der Waals surface area (Å²) in [6.45, 7) is 0.445. The second kappa shape index (κ2) is 5.44. The number of benzene rings is 1. The smallest absolute Gasteiger partial charge is 0.244 e. The van der Waals surface area contributed by atoms with E-state index in [-0.39, 0.29) is 5.91 Å². The number of carbonyl (C=O) groups excluding carboxylic acids is 1. The van der Waals surface area contributed by atoms with Gasteiger partial charge in [-0.25, -0.2) is 0 Å². The van der Waals surface area contributed by atoms with Crippen LogP contribution in [0.2, 0.25) is 0 Å². The highest BCUT2D eigenvalue weighted by Gasteiger charge is 2.03. The van der Waals surface area contributed by atoms with Gasteiger partial charge in [0.05, 0.1) is 18.0 Å². The SMILES string of the molecule is O=C(/C=C/c1ccco1)NCc1cccc2cn[nH]c12. The maximum atomic E-state index is 11.7.